The third kappa shape index (κ3) is 6.32. The first-order valence-corrected chi connectivity index (χ1v) is 7.39. The number of carboxylic acids is 1. The molecular weight excluding hydrogens is 282 g/mol. The summed E-state index contributed by atoms with van der Waals surface area (Å²) in [5.41, 5.74) is 2.05. The largest absolute Gasteiger partial charge is 0.495 e. The Kier molecular flexibility index (Phi) is 7.70. The van der Waals surface area contributed by atoms with E-state index in [1.54, 1.807) is 7.11 Å². The first-order chi connectivity index (χ1) is 10.4. The Morgan fingerprint density at radius 3 is 2.59 bits per heavy atom. The van der Waals surface area contributed by atoms with E-state index in [4.69, 9.17) is 9.84 Å². The van der Waals surface area contributed by atoms with Gasteiger partial charge in [-0.05, 0) is 31.8 Å². The number of nitrogens with zero attached hydrogens (tertiary/aromatic N) is 2. The molecule has 6 heteroatoms. The molecule has 1 aromatic carbocycles. The van der Waals surface area contributed by atoms with Gasteiger partial charge in [0.1, 0.15) is 5.75 Å². The second-order valence-electron chi connectivity index (χ2n) is 5.55. The van der Waals surface area contributed by atoms with Crippen molar-refractivity contribution in [3.63, 3.8) is 0 Å². The van der Waals surface area contributed by atoms with E-state index in [0.717, 1.165) is 36.6 Å². The van der Waals surface area contributed by atoms with Crippen molar-refractivity contribution in [3.05, 3.63) is 23.8 Å². The van der Waals surface area contributed by atoms with Crippen molar-refractivity contribution in [3.8, 4) is 5.75 Å². The van der Waals surface area contributed by atoms with Crippen LogP contribution in [0.5, 0.6) is 5.75 Å². The van der Waals surface area contributed by atoms with Gasteiger partial charge >= 0.3 is 5.97 Å². The monoisotopic (exact) mass is 309 g/mol. The molecule has 0 heterocycles. The minimum atomic E-state index is -0.799. The lowest BCUT2D eigenvalue weighted by Gasteiger charge is -2.21. The molecule has 0 spiro atoms. The molecule has 0 bridgehead atoms. The zero-order valence-electron chi connectivity index (χ0n) is 13.9. The van der Waals surface area contributed by atoms with Crippen molar-refractivity contribution in [2.75, 3.05) is 52.8 Å². The van der Waals surface area contributed by atoms with Gasteiger partial charge in [0, 0.05) is 33.2 Å². The van der Waals surface area contributed by atoms with E-state index in [1.807, 2.05) is 44.2 Å². The van der Waals surface area contributed by atoms with Crippen LogP contribution in [0.4, 0.5) is 5.69 Å². The molecular formula is C16H27N3O3. The first-order valence-electron chi connectivity index (χ1n) is 7.39. The second kappa shape index (κ2) is 9.27. The smallest absolute Gasteiger partial charge is 0.305 e. The first kappa shape index (κ1) is 18.3. The highest BCUT2D eigenvalue weighted by Crippen LogP contribution is 2.28. The Bertz CT molecular complexity index is 478. The zero-order chi connectivity index (χ0) is 16.5. The van der Waals surface area contributed by atoms with E-state index >= 15 is 0 Å². The number of anilines is 1. The van der Waals surface area contributed by atoms with Gasteiger partial charge < -0.3 is 25.0 Å². The number of ether oxygens (including phenoxy) is 1. The quantitative estimate of drug-likeness (QED) is 0.634. The summed E-state index contributed by atoms with van der Waals surface area (Å²) in [5, 5.41) is 12.2. The lowest BCUT2D eigenvalue weighted by molar-refractivity contribution is -0.136. The molecule has 1 rings (SSSR count). The molecule has 0 atom stereocenters. The Morgan fingerprint density at radius 2 is 2.00 bits per heavy atom. The topological polar surface area (TPSA) is 65.0 Å². The number of rotatable bonds is 10. The molecule has 0 aliphatic rings. The summed E-state index contributed by atoms with van der Waals surface area (Å²) < 4.78 is 5.43. The van der Waals surface area contributed by atoms with Crippen LogP contribution >= 0.6 is 0 Å². The van der Waals surface area contributed by atoms with Gasteiger partial charge in [0.05, 0.1) is 19.2 Å². The van der Waals surface area contributed by atoms with E-state index < -0.39 is 5.97 Å². The predicted octanol–water partition coefficient (Wildman–Crippen LogP) is 1.26. The SMILES string of the molecule is COc1cc(CNCCN(C)C)ccc1N(C)CCC(=O)O. The number of hydrogen-bond acceptors (Lipinski definition) is 5. The lowest BCUT2D eigenvalue weighted by Crippen LogP contribution is -2.26. The highest BCUT2D eigenvalue weighted by atomic mass is 16.5. The van der Waals surface area contributed by atoms with Crippen LogP contribution in [0.1, 0.15) is 12.0 Å². The van der Waals surface area contributed by atoms with Crippen LogP contribution < -0.4 is 15.0 Å². The van der Waals surface area contributed by atoms with Gasteiger partial charge in [-0.15, -0.1) is 0 Å². The molecule has 0 aliphatic heterocycles. The maximum atomic E-state index is 10.7. The summed E-state index contributed by atoms with van der Waals surface area (Å²) in [6, 6.07) is 6.01. The van der Waals surface area contributed by atoms with Gasteiger partial charge in [-0.3, -0.25) is 4.79 Å². The number of carbonyl (C=O) groups is 1. The molecule has 0 amide bonds. The number of likely N-dealkylation sites (N-methyl/N-ethyl adjacent to an activating group) is 1. The zero-order valence-corrected chi connectivity index (χ0v) is 13.9. The number of nitrogens with one attached hydrogen (secondary N) is 1. The van der Waals surface area contributed by atoms with Crippen molar-refractivity contribution >= 4 is 11.7 Å². The molecule has 0 radical (unpaired) electrons. The molecule has 0 aliphatic carbocycles. The van der Waals surface area contributed by atoms with E-state index in [1.165, 1.54) is 0 Å². The van der Waals surface area contributed by atoms with E-state index in [9.17, 15) is 4.79 Å². The molecule has 0 saturated heterocycles. The summed E-state index contributed by atoms with van der Waals surface area (Å²) >= 11 is 0. The van der Waals surface area contributed by atoms with Crippen LogP contribution in [0.3, 0.4) is 0 Å². The molecule has 0 fully saturated rings. The summed E-state index contributed by atoms with van der Waals surface area (Å²) in [6.45, 7) is 3.15. The second-order valence-corrected chi connectivity index (χ2v) is 5.55. The third-order valence-corrected chi connectivity index (χ3v) is 3.38. The fraction of sp³-hybridized carbons (Fsp3) is 0.562. The Morgan fingerprint density at radius 1 is 1.27 bits per heavy atom. The van der Waals surface area contributed by atoms with Crippen LogP contribution in [0.2, 0.25) is 0 Å². The van der Waals surface area contributed by atoms with Gasteiger partial charge in [-0.2, -0.15) is 0 Å². The van der Waals surface area contributed by atoms with Gasteiger partial charge in [-0.1, -0.05) is 6.07 Å². The maximum absolute atomic E-state index is 10.7. The van der Waals surface area contributed by atoms with Crippen LogP contribution in [0.25, 0.3) is 0 Å². The van der Waals surface area contributed by atoms with Gasteiger partial charge in [0.15, 0.2) is 0 Å². The maximum Gasteiger partial charge on any atom is 0.305 e. The molecule has 2 N–H and O–H groups in total. The molecule has 0 saturated carbocycles. The van der Waals surface area contributed by atoms with Crippen LogP contribution in [0, 0.1) is 0 Å². The van der Waals surface area contributed by atoms with Gasteiger partial charge in [0.25, 0.3) is 0 Å². The van der Waals surface area contributed by atoms with Crippen molar-refractivity contribution in [1.29, 1.82) is 0 Å². The van der Waals surface area contributed by atoms with Crippen molar-refractivity contribution < 1.29 is 14.6 Å². The lowest BCUT2D eigenvalue weighted by atomic mass is 10.1. The van der Waals surface area contributed by atoms with E-state index in [0.29, 0.717) is 6.54 Å². The fourth-order valence-corrected chi connectivity index (χ4v) is 2.07. The number of carboxylic acid groups (broad SMARTS) is 1. The van der Waals surface area contributed by atoms with Crippen molar-refractivity contribution in [2.45, 2.75) is 13.0 Å². The molecule has 0 aromatic heterocycles. The minimum Gasteiger partial charge on any atom is -0.495 e. The predicted molar refractivity (Wildman–Crippen MR) is 88.8 cm³/mol. The molecule has 124 valence electrons. The van der Waals surface area contributed by atoms with Gasteiger partial charge in [-0.25, -0.2) is 0 Å². The molecule has 1 aromatic rings. The van der Waals surface area contributed by atoms with E-state index in [2.05, 4.69) is 10.2 Å². The van der Waals surface area contributed by atoms with Crippen molar-refractivity contribution in [2.24, 2.45) is 0 Å². The average Bonchev–Trinajstić information content (AvgIpc) is 2.48. The summed E-state index contributed by atoms with van der Waals surface area (Å²) in [4.78, 5) is 14.7. The van der Waals surface area contributed by atoms with Crippen LogP contribution in [-0.4, -0.2) is 63.9 Å². The highest BCUT2D eigenvalue weighted by Gasteiger charge is 2.10. The molecule has 6 nitrogen and oxygen atoms in total. The van der Waals surface area contributed by atoms with E-state index in [-0.39, 0.29) is 6.42 Å². The minimum absolute atomic E-state index is 0.105. The highest BCUT2D eigenvalue weighted by molar-refractivity contribution is 5.68. The van der Waals surface area contributed by atoms with Gasteiger partial charge in [0.2, 0.25) is 0 Å². The van der Waals surface area contributed by atoms with Crippen LogP contribution in [0.15, 0.2) is 18.2 Å². The molecule has 22 heavy (non-hydrogen) atoms. The number of hydrogen-bond donors (Lipinski definition) is 2. The number of aliphatic carboxylic acids is 1. The Balaban J connectivity index is 2.63. The summed E-state index contributed by atoms with van der Waals surface area (Å²) in [5.74, 6) is -0.0349. The summed E-state index contributed by atoms with van der Waals surface area (Å²) in [7, 11) is 7.60. The number of methoxy groups -OCH3 is 1. The Hall–Kier alpha value is -1.79. The average molecular weight is 309 g/mol. The van der Waals surface area contributed by atoms with Crippen molar-refractivity contribution in [1.82, 2.24) is 10.2 Å². The Labute approximate surface area is 132 Å². The third-order valence-electron chi connectivity index (χ3n) is 3.38. The normalized spacial score (nSPS) is 10.8. The fourth-order valence-electron chi connectivity index (χ4n) is 2.07. The van der Waals surface area contributed by atoms with Crippen LogP contribution in [-0.2, 0) is 11.3 Å². The summed E-state index contributed by atoms with van der Waals surface area (Å²) in [6.07, 6.45) is 0.105. The number of benzene rings is 1. The standard InChI is InChI=1S/C16H27N3O3/c1-18(2)10-8-17-12-13-5-6-14(15(11-13)22-4)19(3)9-7-16(20)21/h5-6,11,17H,7-10,12H2,1-4H3,(H,20,21). The molecule has 0 unspecified atom stereocenters.